The first kappa shape index (κ1) is 17.6. The first-order valence-electron chi connectivity index (χ1n) is 8.04. The van der Waals surface area contributed by atoms with Crippen LogP contribution >= 0.6 is 0 Å². The van der Waals surface area contributed by atoms with Crippen molar-refractivity contribution in [2.24, 2.45) is 0 Å². The summed E-state index contributed by atoms with van der Waals surface area (Å²) < 4.78 is 21.1. The van der Waals surface area contributed by atoms with Gasteiger partial charge in [0.2, 0.25) is 6.79 Å². The Hall–Kier alpha value is -3.22. The van der Waals surface area contributed by atoms with Crippen LogP contribution in [0.15, 0.2) is 36.4 Å². The van der Waals surface area contributed by atoms with Crippen LogP contribution in [0.4, 0.5) is 0 Å². The standard InChI is InChI=1S/C19H19NO6/c1-12(21)15-8-14(23-2)4-6-16(15)24-10-19(22)20-9-13-3-5-17-18(7-13)26-11-25-17/h3-8H,9-11H2,1-2H3,(H,20,22). The highest BCUT2D eigenvalue weighted by Crippen LogP contribution is 2.32. The molecule has 3 rings (SSSR count). The third-order valence-corrected chi connectivity index (χ3v) is 3.85. The summed E-state index contributed by atoms with van der Waals surface area (Å²) >= 11 is 0. The van der Waals surface area contributed by atoms with Gasteiger partial charge in [0.05, 0.1) is 12.7 Å². The summed E-state index contributed by atoms with van der Waals surface area (Å²) in [5.41, 5.74) is 1.25. The summed E-state index contributed by atoms with van der Waals surface area (Å²) in [5.74, 6) is 1.79. The van der Waals surface area contributed by atoms with E-state index in [1.165, 1.54) is 14.0 Å². The molecule has 1 heterocycles. The van der Waals surface area contributed by atoms with Crippen LogP contribution in [-0.2, 0) is 11.3 Å². The van der Waals surface area contributed by atoms with Gasteiger partial charge in [0.15, 0.2) is 23.9 Å². The normalized spacial score (nSPS) is 11.8. The highest BCUT2D eigenvalue weighted by molar-refractivity contribution is 5.97. The lowest BCUT2D eigenvalue weighted by Crippen LogP contribution is -2.28. The second kappa shape index (κ2) is 7.77. The van der Waals surface area contributed by atoms with Crippen LogP contribution in [0.2, 0.25) is 0 Å². The number of carbonyl (C=O) groups excluding carboxylic acids is 2. The first-order valence-corrected chi connectivity index (χ1v) is 8.04. The minimum Gasteiger partial charge on any atom is -0.497 e. The number of methoxy groups -OCH3 is 1. The summed E-state index contributed by atoms with van der Waals surface area (Å²) in [6.07, 6.45) is 0. The SMILES string of the molecule is COc1ccc(OCC(=O)NCc2ccc3c(c2)OCO3)c(C(C)=O)c1. The number of benzene rings is 2. The molecule has 0 fully saturated rings. The zero-order valence-corrected chi connectivity index (χ0v) is 14.5. The topological polar surface area (TPSA) is 83.1 Å². The Morgan fingerprint density at radius 1 is 1.12 bits per heavy atom. The summed E-state index contributed by atoms with van der Waals surface area (Å²) in [5, 5.41) is 2.76. The maximum Gasteiger partial charge on any atom is 0.258 e. The van der Waals surface area contributed by atoms with Crippen molar-refractivity contribution in [3.8, 4) is 23.0 Å². The number of amides is 1. The largest absolute Gasteiger partial charge is 0.497 e. The van der Waals surface area contributed by atoms with Gasteiger partial charge in [-0.15, -0.1) is 0 Å². The van der Waals surface area contributed by atoms with Crippen LogP contribution < -0.4 is 24.3 Å². The van der Waals surface area contributed by atoms with Gasteiger partial charge in [-0.3, -0.25) is 9.59 Å². The quantitative estimate of drug-likeness (QED) is 0.766. The Labute approximate surface area is 150 Å². The van der Waals surface area contributed by atoms with E-state index in [9.17, 15) is 9.59 Å². The maximum atomic E-state index is 12.0. The number of Topliss-reactive ketones (excluding diaryl/α,β-unsaturated/α-hetero) is 1. The average molecular weight is 357 g/mol. The molecule has 0 unspecified atom stereocenters. The van der Waals surface area contributed by atoms with Gasteiger partial charge in [-0.05, 0) is 42.8 Å². The average Bonchev–Trinajstić information content (AvgIpc) is 3.12. The van der Waals surface area contributed by atoms with Crippen LogP contribution in [0.3, 0.4) is 0 Å². The second-order valence-corrected chi connectivity index (χ2v) is 5.67. The van der Waals surface area contributed by atoms with Crippen LogP contribution in [0.25, 0.3) is 0 Å². The molecule has 7 heteroatoms. The van der Waals surface area contributed by atoms with Crippen molar-refractivity contribution in [1.29, 1.82) is 0 Å². The van der Waals surface area contributed by atoms with Gasteiger partial charge in [0, 0.05) is 6.54 Å². The van der Waals surface area contributed by atoms with Gasteiger partial charge in [-0.25, -0.2) is 0 Å². The van der Waals surface area contributed by atoms with Crippen molar-refractivity contribution in [2.75, 3.05) is 20.5 Å². The van der Waals surface area contributed by atoms with Crippen LogP contribution in [0.5, 0.6) is 23.0 Å². The van der Waals surface area contributed by atoms with Gasteiger partial charge < -0.3 is 24.3 Å². The molecule has 2 aromatic carbocycles. The molecule has 0 bridgehead atoms. The molecule has 7 nitrogen and oxygen atoms in total. The Balaban J connectivity index is 1.55. The molecule has 1 aliphatic rings. The molecular weight excluding hydrogens is 338 g/mol. The molecule has 0 saturated carbocycles. The van der Waals surface area contributed by atoms with Crippen molar-refractivity contribution in [2.45, 2.75) is 13.5 Å². The van der Waals surface area contributed by atoms with Crippen molar-refractivity contribution < 1.29 is 28.5 Å². The highest BCUT2D eigenvalue weighted by Gasteiger charge is 2.14. The van der Waals surface area contributed by atoms with Crippen molar-refractivity contribution >= 4 is 11.7 Å². The predicted octanol–water partition coefficient (Wildman–Crippen LogP) is 2.32. The maximum absolute atomic E-state index is 12.0. The van der Waals surface area contributed by atoms with Gasteiger partial charge in [-0.2, -0.15) is 0 Å². The number of ether oxygens (including phenoxy) is 4. The summed E-state index contributed by atoms with van der Waals surface area (Å²) in [4.78, 5) is 23.8. The predicted molar refractivity (Wildman–Crippen MR) is 92.9 cm³/mol. The lowest BCUT2D eigenvalue weighted by atomic mass is 10.1. The molecule has 1 amide bonds. The lowest BCUT2D eigenvalue weighted by molar-refractivity contribution is -0.123. The number of fused-ring (bicyclic) bond motifs is 1. The number of hydrogen-bond acceptors (Lipinski definition) is 6. The van der Waals surface area contributed by atoms with Crippen molar-refractivity contribution in [1.82, 2.24) is 5.32 Å². The van der Waals surface area contributed by atoms with Crippen molar-refractivity contribution in [3.05, 3.63) is 47.5 Å². The van der Waals surface area contributed by atoms with E-state index in [1.807, 2.05) is 12.1 Å². The fourth-order valence-corrected chi connectivity index (χ4v) is 2.48. The Morgan fingerprint density at radius 2 is 1.92 bits per heavy atom. The summed E-state index contributed by atoms with van der Waals surface area (Å²) in [6.45, 7) is 1.78. The molecule has 0 aromatic heterocycles. The molecule has 0 radical (unpaired) electrons. The summed E-state index contributed by atoms with van der Waals surface area (Å²) in [6, 6.07) is 10.3. The third-order valence-electron chi connectivity index (χ3n) is 3.85. The number of rotatable bonds is 7. The molecule has 136 valence electrons. The zero-order valence-electron chi connectivity index (χ0n) is 14.5. The summed E-state index contributed by atoms with van der Waals surface area (Å²) in [7, 11) is 1.52. The minimum atomic E-state index is -0.298. The van der Waals surface area contributed by atoms with Gasteiger partial charge >= 0.3 is 0 Å². The fourth-order valence-electron chi connectivity index (χ4n) is 2.48. The lowest BCUT2D eigenvalue weighted by Gasteiger charge is -2.11. The fraction of sp³-hybridized carbons (Fsp3) is 0.263. The molecule has 0 aliphatic carbocycles. The van der Waals surface area contributed by atoms with E-state index < -0.39 is 0 Å². The molecule has 0 spiro atoms. The number of carbonyl (C=O) groups is 2. The van der Waals surface area contributed by atoms with E-state index >= 15 is 0 Å². The van der Waals surface area contributed by atoms with E-state index in [0.717, 1.165) is 5.56 Å². The highest BCUT2D eigenvalue weighted by atomic mass is 16.7. The molecule has 1 aliphatic heterocycles. The second-order valence-electron chi connectivity index (χ2n) is 5.67. The molecular formula is C19H19NO6. The van der Waals surface area contributed by atoms with Gasteiger partial charge in [-0.1, -0.05) is 6.07 Å². The first-order chi connectivity index (χ1) is 12.6. The smallest absolute Gasteiger partial charge is 0.258 e. The van der Waals surface area contributed by atoms with Gasteiger partial charge in [0.25, 0.3) is 5.91 Å². The van der Waals surface area contributed by atoms with E-state index in [4.69, 9.17) is 18.9 Å². The third kappa shape index (κ3) is 4.05. The Bertz CT molecular complexity index is 833. The van der Waals surface area contributed by atoms with Crippen LogP contribution in [0.1, 0.15) is 22.8 Å². The monoisotopic (exact) mass is 357 g/mol. The molecule has 26 heavy (non-hydrogen) atoms. The van der Waals surface area contributed by atoms with Crippen LogP contribution in [-0.4, -0.2) is 32.2 Å². The molecule has 0 atom stereocenters. The van der Waals surface area contributed by atoms with E-state index in [2.05, 4.69) is 5.32 Å². The molecule has 0 saturated heterocycles. The van der Waals surface area contributed by atoms with E-state index in [0.29, 0.717) is 35.1 Å². The van der Waals surface area contributed by atoms with Crippen molar-refractivity contribution in [3.63, 3.8) is 0 Å². The Morgan fingerprint density at radius 3 is 2.69 bits per heavy atom. The zero-order chi connectivity index (χ0) is 18.5. The molecule has 1 N–H and O–H groups in total. The molecule has 2 aromatic rings. The number of ketones is 1. The Kier molecular flexibility index (Phi) is 5.26. The number of hydrogen-bond donors (Lipinski definition) is 1. The van der Waals surface area contributed by atoms with Gasteiger partial charge in [0.1, 0.15) is 11.5 Å². The van der Waals surface area contributed by atoms with E-state index in [-0.39, 0.29) is 25.1 Å². The van der Waals surface area contributed by atoms with Crippen LogP contribution in [0, 0.1) is 0 Å². The minimum absolute atomic E-state index is 0.167. The van der Waals surface area contributed by atoms with E-state index in [1.54, 1.807) is 24.3 Å². The number of nitrogens with one attached hydrogen (secondary N) is 1.